The van der Waals surface area contributed by atoms with Crippen LogP contribution in [0.4, 0.5) is 5.69 Å². The second-order valence-corrected chi connectivity index (χ2v) is 4.56. The lowest BCUT2D eigenvalue weighted by atomic mass is 10.3. The summed E-state index contributed by atoms with van der Waals surface area (Å²) in [7, 11) is 2.11. The molecule has 2 nitrogen and oxygen atoms in total. The van der Waals surface area contributed by atoms with Crippen molar-refractivity contribution in [2.24, 2.45) is 0 Å². The van der Waals surface area contributed by atoms with E-state index in [1.807, 2.05) is 12.1 Å². The Labute approximate surface area is 96.2 Å². The summed E-state index contributed by atoms with van der Waals surface area (Å²) in [6.07, 6.45) is 2.70. The van der Waals surface area contributed by atoms with Crippen LogP contribution in [0.1, 0.15) is 12.8 Å². The minimum absolute atomic E-state index is 0.795. The number of hydrogen-bond acceptors (Lipinski definition) is 2. The normalized spacial score (nSPS) is 15.3. The monoisotopic (exact) mass is 224 g/mol. The van der Waals surface area contributed by atoms with E-state index in [0.717, 1.165) is 24.2 Å². The largest absolute Gasteiger partial charge is 0.373 e. The second-order valence-electron chi connectivity index (χ2n) is 4.13. The van der Waals surface area contributed by atoms with E-state index in [1.165, 1.54) is 18.5 Å². The topological polar surface area (TPSA) is 15.3 Å². The molecule has 0 aliphatic heterocycles. The molecule has 0 atom stereocenters. The van der Waals surface area contributed by atoms with Crippen molar-refractivity contribution in [3.05, 3.63) is 29.3 Å². The van der Waals surface area contributed by atoms with Crippen molar-refractivity contribution in [3.8, 4) is 0 Å². The number of rotatable bonds is 5. The third kappa shape index (κ3) is 3.40. The van der Waals surface area contributed by atoms with Crippen molar-refractivity contribution in [2.45, 2.75) is 18.9 Å². The van der Waals surface area contributed by atoms with Crippen LogP contribution in [0.5, 0.6) is 0 Å². The highest BCUT2D eigenvalue weighted by atomic mass is 35.5. The van der Waals surface area contributed by atoms with Crippen LogP contribution >= 0.6 is 11.6 Å². The molecular weight excluding hydrogens is 208 g/mol. The lowest BCUT2D eigenvalue weighted by Gasteiger charge is -2.19. The number of likely N-dealkylation sites (N-methyl/N-ethyl adjacent to an activating group) is 1. The lowest BCUT2D eigenvalue weighted by Crippen LogP contribution is -2.30. The Morgan fingerprint density at radius 2 is 2.00 bits per heavy atom. The minimum atomic E-state index is 0.795. The fourth-order valence-electron chi connectivity index (χ4n) is 1.55. The highest BCUT2D eigenvalue weighted by molar-refractivity contribution is 6.30. The van der Waals surface area contributed by atoms with E-state index < -0.39 is 0 Å². The molecule has 1 aromatic carbocycles. The van der Waals surface area contributed by atoms with Crippen molar-refractivity contribution in [1.29, 1.82) is 0 Å². The van der Waals surface area contributed by atoms with Gasteiger partial charge >= 0.3 is 0 Å². The van der Waals surface area contributed by atoms with Gasteiger partial charge in [-0.15, -0.1) is 0 Å². The summed E-state index contributed by atoms with van der Waals surface area (Å²) in [6.45, 7) is 2.10. The van der Waals surface area contributed by atoms with Crippen molar-refractivity contribution in [2.75, 3.05) is 25.0 Å². The van der Waals surface area contributed by atoms with Gasteiger partial charge in [-0.1, -0.05) is 11.6 Å². The molecule has 0 bridgehead atoms. The third-order valence-corrected chi connectivity index (χ3v) is 2.98. The molecule has 82 valence electrons. The predicted octanol–water partition coefficient (Wildman–Crippen LogP) is 2.53. The van der Waals surface area contributed by atoms with Crippen molar-refractivity contribution >= 4 is 17.3 Å². The predicted molar refractivity (Wildman–Crippen MR) is 65.7 cm³/mol. The minimum Gasteiger partial charge on any atom is -0.373 e. The van der Waals surface area contributed by atoms with E-state index in [0.29, 0.717) is 0 Å². The number of hydrogen-bond donors (Lipinski definition) is 1. The Morgan fingerprint density at radius 3 is 2.60 bits per heavy atom. The Kier molecular flexibility index (Phi) is 3.49. The first-order valence-corrected chi connectivity index (χ1v) is 5.83. The van der Waals surface area contributed by atoms with E-state index in [9.17, 15) is 0 Å². The van der Waals surface area contributed by atoms with E-state index in [-0.39, 0.29) is 0 Å². The molecular formula is C12H17ClN2. The molecule has 0 aromatic heterocycles. The molecule has 1 saturated carbocycles. The summed E-state index contributed by atoms with van der Waals surface area (Å²) >= 11 is 5.84. The summed E-state index contributed by atoms with van der Waals surface area (Å²) in [5.74, 6) is 0. The fourth-order valence-corrected chi connectivity index (χ4v) is 1.67. The lowest BCUT2D eigenvalue weighted by molar-refractivity contribution is 0.675. The van der Waals surface area contributed by atoms with E-state index in [4.69, 9.17) is 11.6 Å². The number of nitrogens with zero attached hydrogens (tertiary/aromatic N) is 1. The van der Waals surface area contributed by atoms with Gasteiger partial charge in [0.1, 0.15) is 0 Å². The molecule has 0 amide bonds. The zero-order valence-electron chi connectivity index (χ0n) is 9.04. The molecule has 0 unspecified atom stereocenters. The Balaban J connectivity index is 1.78. The summed E-state index contributed by atoms with van der Waals surface area (Å²) in [6, 6.07) is 8.77. The highest BCUT2D eigenvalue weighted by Gasteiger charge is 2.19. The molecule has 1 aliphatic carbocycles. The molecule has 0 heterocycles. The van der Waals surface area contributed by atoms with Crippen LogP contribution in [0, 0.1) is 0 Å². The average molecular weight is 225 g/mol. The van der Waals surface area contributed by atoms with Gasteiger partial charge in [0.2, 0.25) is 0 Å². The van der Waals surface area contributed by atoms with Gasteiger partial charge < -0.3 is 10.2 Å². The molecule has 1 aliphatic rings. The molecule has 1 fully saturated rings. The first-order valence-electron chi connectivity index (χ1n) is 5.46. The first kappa shape index (κ1) is 10.8. The van der Waals surface area contributed by atoms with Crippen LogP contribution < -0.4 is 10.2 Å². The number of halogens is 1. The molecule has 0 radical (unpaired) electrons. The molecule has 0 saturated heterocycles. The van der Waals surface area contributed by atoms with E-state index >= 15 is 0 Å². The standard InChI is InChI=1S/C12H17ClN2/c1-15(9-8-14-11-4-5-11)12-6-2-10(13)3-7-12/h2-3,6-7,11,14H,4-5,8-9H2,1H3. The average Bonchev–Trinajstić information content (AvgIpc) is 3.02. The van der Waals surface area contributed by atoms with Crippen LogP contribution in [0.2, 0.25) is 5.02 Å². The van der Waals surface area contributed by atoms with Crippen LogP contribution in [0.3, 0.4) is 0 Å². The number of benzene rings is 1. The quantitative estimate of drug-likeness (QED) is 0.827. The maximum atomic E-state index is 5.84. The third-order valence-electron chi connectivity index (χ3n) is 2.72. The van der Waals surface area contributed by atoms with E-state index in [2.05, 4.69) is 29.4 Å². The van der Waals surface area contributed by atoms with Crippen LogP contribution in [-0.2, 0) is 0 Å². The maximum Gasteiger partial charge on any atom is 0.0407 e. The summed E-state index contributed by atoms with van der Waals surface area (Å²) < 4.78 is 0. The van der Waals surface area contributed by atoms with Gasteiger partial charge in [-0.3, -0.25) is 0 Å². The van der Waals surface area contributed by atoms with Crippen molar-refractivity contribution in [1.82, 2.24) is 5.32 Å². The first-order chi connectivity index (χ1) is 7.25. The van der Waals surface area contributed by atoms with E-state index in [1.54, 1.807) is 0 Å². The van der Waals surface area contributed by atoms with Gasteiger partial charge in [0.15, 0.2) is 0 Å². The smallest absolute Gasteiger partial charge is 0.0407 e. The van der Waals surface area contributed by atoms with Gasteiger partial charge in [0.05, 0.1) is 0 Å². The van der Waals surface area contributed by atoms with Crippen molar-refractivity contribution < 1.29 is 0 Å². The van der Waals surface area contributed by atoms with Gasteiger partial charge in [-0.25, -0.2) is 0 Å². The summed E-state index contributed by atoms with van der Waals surface area (Å²) in [5, 5.41) is 4.30. The molecule has 3 heteroatoms. The summed E-state index contributed by atoms with van der Waals surface area (Å²) in [5.41, 5.74) is 1.22. The Bertz CT molecular complexity index is 306. The van der Waals surface area contributed by atoms with Gasteiger partial charge in [-0.2, -0.15) is 0 Å². The number of anilines is 1. The van der Waals surface area contributed by atoms with Crippen LogP contribution in [-0.4, -0.2) is 26.2 Å². The zero-order valence-corrected chi connectivity index (χ0v) is 9.80. The molecule has 0 spiro atoms. The fraction of sp³-hybridized carbons (Fsp3) is 0.500. The zero-order chi connectivity index (χ0) is 10.7. The Hall–Kier alpha value is -0.730. The van der Waals surface area contributed by atoms with Gasteiger partial charge in [0, 0.05) is 36.9 Å². The molecule has 15 heavy (non-hydrogen) atoms. The second kappa shape index (κ2) is 4.86. The van der Waals surface area contributed by atoms with Crippen LogP contribution in [0.15, 0.2) is 24.3 Å². The molecule has 1 aromatic rings. The molecule has 2 rings (SSSR count). The van der Waals surface area contributed by atoms with Crippen molar-refractivity contribution in [3.63, 3.8) is 0 Å². The SMILES string of the molecule is CN(CCNC1CC1)c1ccc(Cl)cc1. The molecule has 1 N–H and O–H groups in total. The van der Waals surface area contributed by atoms with Crippen LogP contribution in [0.25, 0.3) is 0 Å². The van der Waals surface area contributed by atoms with Gasteiger partial charge in [-0.05, 0) is 37.1 Å². The maximum absolute atomic E-state index is 5.84. The highest BCUT2D eigenvalue weighted by Crippen LogP contribution is 2.19. The Morgan fingerprint density at radius 1 is 1.33 bits per heavy atom. The summed E-state index contributed by atoms with van der Waals surface area (Å²) in [4.78, 5) is 2.24. The number of nitrogens with one attached hydrogen (secondary N) is 1. The van der Waals surface area contributed by atoms with Gasteiger partial charge in [0.25, 0.3) is 0 Å².